The largest absolute Gasteiger partial charge is 0.489 e. The van der Waals surface area contributed by atoms with Crippen LogP contribution in [-0.2, 0) is 0 Å². The second kappa shape index (κ2) is 8.33. The molecule has 1 aliphatic heterocycles. The summed E-state index contributed by atoms with van der Waals surface area (Å²) in [5, 5.41) is 9.01. The van der Waals surface area contributed by atoms with Crippen LogP contribution in [0, 0.1) is 17.1 Å². The summed E-state index contributed by atoms with van der Waals surface area (Å²) in [6, 6.07) is 15.6. The number of piperidine rings is 1. The third-order valence-electron chi connectivity index (χ3n) is 6.24. The SMILES string of the molecule is C[C@@]1(F)CC(N)CN(C2CC(c3ccc(F)cc3)CC2Oc2ccc(C#N)cc2)C1. The number of nitrogens with two attached hydrogens (primary N) is 1. The van der Waals surface area contributed by atoms with Gasteiger partial charge >= 0.3 is 0 Å². The summed E-state index contributed by atoms with van der Waals surface area (Å²) in [6.45, 7) is 2.57. The zero-order valence-electron chi connectivity index (χ0n) is 17.1. The van der Waals surface area contributed by atoms with Crippen molar-refractivity contribution in [2.45, 2.75) is 56.0 Å². The van der Waals surface area contributed by atoms with Crippen molar-refractivity contribution in [1.29, 1.82) is 5.26 Å². The van der Waals surface area contributed by atoms with E-state index in [1.54, 1.807) is 31.2 Å². The third-order valence-corrected chi connectivity index (χ3v) is 6.24. The fourth-order valence-electron chi connectivity index (χ4n) is 5.00. The average Bonchev–Trinajstić information content (AvgIpc) is 3.11. The zero-order chi connectivity index (χ0) is 21.3. The summed E-state index contributed by atoms with van der Waals surface area (Å²) in [5.41, 5.74) is 6.48. The lowest BCUT2D eigenvalue weighted by molar-refractivity contribution is -0.00152. The van der Waals surface area contributed by atoms with E-state index in [9.17, 15) is 8.78 Å². The van der Waals surface area contributed by atoms with Gasteiger partial charge in [0.05, 0.1) is 11.6 Å². The van der Waals surface area contributed by atoms with Crippen molar-refractivity contribution in [2.75, 3.05) is 13.1 Å². The number of likely N-dealkylation sites (tertiary alicyclic amines) is 1. The molecule has 0 aromatic heterocycles. The van der Waals surface area contributed by atoms with Crippen LogP contribution in [0.2, 0.25) is 0 Å². The molecule has 4 rings (SSSR count). The number of rotatable bonds is 4. The van der Waals surface area contributed by atoms with Crippen molar-refractivity contribution in [1.82, 2.24) is 4.90 Å². The van der Waals surface area contributed by atoms with Crippen molar-refractivity contribution in [2.24, 2.45) is 5.73 Å². The molecule has 5 atom stereocenters. The van der Waals surface area contributed by atoms with E-state index in [2.05, 4.69) is 11.0 Å². The van der Waals surface area contributed by atoms with Gasteiger partial charge < -0.3 is 10.5 Å². The number of hydrogen-bond acceptors (Lipinski definition) is 4. The maximum absolute atomic E-state index is 14.9. The summed E-state index contributed by atoms with van der Waals surface area (Å²) < 4.78 is 34.6. The van der Waals surface area contributed by atoms with E-state index in [-0.39, 0.29) is 29.9 Å². The molecule has 0 spiro atoms. The van der Waals surface area contributed by atoms with Gasteiger partial charge in [-0.1, -0.05) is 12.1 Å². The number of ether oxygens (including phenoxy) is 1. The van der Waals surface area contributed by atoms with Crippen molar-refractivity contribution < 1.29 is 13.5 Å². The van der Waals surface area contributed by atoms with Gasteiger partial charge in [0, 0.05) is 25.2 Å². The first-order valence-electron chi connectivity index (χ1n) is 10.4. The van der Waals surface area contributed by atoms with Crippen LogP contribution < -0.4 is 10.5 Å². The molecular weight excluding hydrogens is 384 g/mol. The summed E-state index contributed by atoms with van der Waals surface area (Å²) in [4.78, 5) is 2.13. The van der Waals surface area contributed by atoms with E-state index < -0.39 is 5.67 Å². The van der Waals surface area contributed by atoms with Crippen LogP contribution in [0.4, 0.5) is 8.78 Å². The first-order valence-corrected chi connectivity index (χ1v) is 10.4. The minimum atomic E-state index is -1.33. The Morgan fingerprint density at radius 3 is 2.47 bits per heavy atom. The number of hydrogen-bond donors (Lipinski definition) is 1. The lowest BCUT2D eigenvalue weighted by Gasteiger charge is -2.43. The Kier molecular flexibility index (Phi) is 5.77. The summed E-state index contributed by atoms with van der Waals surface area (Å²) >= 11 is 0. The Bertz CT molecular complexity index is 908. The number of nitriles is 1. The molecule has 1 heterocycles. The minimum absolute atomic E-state index is 0.0112. The van der Waals surface area contributed by atoms with Crippen LogP contribution in [0.1, 0.15) is 43.2 Å². The lowest BCUT2D eigenvalue weighted by atomic mass is 9.91. The molecule has 1 saturated heterocycles. The Balaban J connectivity index is 1.58. The van der Waals surface area contributed by atoms with Crippen molar-refractivity contribution in [3.8, 4) is 11.8 Å². The molecule has 1 aliphatic carbocycles. The lowest BCUT2D eigenvalue weighted by Crippen LogP contribution is -2.58. The van der Waals surface area contributed by atoms with Gasteiger partial charge in [0.25, 0.3) is 0 Å². The highest BCUT2D eigenvalue weighted by molar-refractivity contribution is 5.35. The molecule has 2 fully saturated rings. The molecule has 158 valence electrons. The number of halogens is 2. The van der Waals surface area contributed by atoms with E-state index in [1.807, 2.05) is 12.1 Å². The summed E-state index contributed by atoms with van der Waals surface area (Å²) in [5.74, 6) is 0.630. The average molecular weight is 411 g/mol. The van der Waals surface area contributed by atoms with Crippen LogP contribution in [-0.4, -0.2) is 41.8 Å². The third kappa shape index (κ3) is 4.63. The van der Waals surface area contributed by atoms with E-state index in [0.29, 0.717) is 30.8 Å². The highest BCUT2D eigenvalue weighted by Gasteiger charge is 2.45. The van der Waals surface area contributed by atoms with Crippen LogP contribution in [0.3, 0.4) is 0 Å². The fraction of sp³-hybridized carbons (Fsp3) is 0.458. The quantitative estimate of drug-likeness (QED) is 0.821. The van der Waals surface area contributed by atoms with Crippen LogP contribution in [0.25, 0.3) is 0 Å². The van der Waals surface area contributed by atoms with Crippen molar-refractivity contribution in [3.63, 3.8) is 0 Å². The van der Waals surface area contributed by atoms with Gasteiger partial charge in [-0.2, -0.15) is 5.26 Å². The smallest absolute Gasteiger partial charge is 0.123 e. The molecule has 0 bridgehead atoms. The Morgan fingerprint density at radius 2 is 1.83 bits per heavy atom. The first-order chi connectivity index (χ1) is 14.3. The number of benzene rings is 2. The van der Waals surface area contributed by atoms with Gasteiger partial charge in [0.15, 0.2) is 0 Å². The molecule has 4 nitrogen and oxygen atoms in total. The summed E-state index contributed by atoms with van der Waals surface area (Å²) in [6.07, 6.45) is 1.77. The van der Waals surface area contributed by atoms with E-state index in [0.717, 1.165) is 18.4 Å². The summed E-state index contributed by atoms with van der Waals surface area (Å²) in [7, 11) is 0. The van der Waals surface area contributed by atoms with E-state index in [1.165, 1.54) is 12.1 Å². The van der Waals surface area contributed by atoms with Crippen LogP contribution in [0.15, 0.2) is 48.5 Å². The van der Waals surface area contributed by atoms with Gasteiger partial charge in [-0.25, -0.2) is 8.78 Å². The van der Waals surface area contributed by atoms with Gasteiger partial charge in [-0.3, -0.25) is 4.90 Å². The molecule has 4 unspecified atom stereocenters. The predicted molar refractivity (Wildman–Crippen MR) is 111 cm³/mol. The molecule has 0 radical (unpaired) electrons. The van der Waals surface area contributed by atoms with Gasteiger partial charge in [-0.15, -0.1) is 0 Å². The predicted octanol–water partition coefficient (Wildman–Crippen LogP) is 4.15. The second-order valence-corrected chi connectivity index (χ2v) is 8.89. The van der Waals surface area contributed by atoms with Crippen LogP contribution in [0.5, 0.6) is 5.75 Å². The molecular formula is C24H27F2N3O. The molecule has 30 heavy (non-hydrogen) atoms. The zero-order valence-corrected chi connectivity index (χ0v) is 17.1. The second-order valence-electron chi connectivity index (χ2n) is 8.89. The molecule has 2 aromatic carbocycles. The highest BCUT2D eigenvalue weighted by atomic mass is 19.1. The molecule has 1 saturated carbocycles. The first kappa shape index (κ1) is 20.8. The maximum atomic E-state index is 14.9. The van der Waals surface area contributed by atoms with Crippen molar-refractivity contribution >= 4 is 0 Å². The highest BCUT2D eigenvalue weighted by Crippen LogP contribution is 2.41. The van der Waals surface area contributed by atoms with Crippen LogP contribution >= 0.6 is 0 Å². The normalized spacial score (nSPS) is 32.0. The molecule has 0 amide bonds. The van der Waals surface area contributed by atoms with E-state index >= 15 is 0 Å². The monoisotopic (exact) mass is 411 g/mol. The minimum Gasteiger partial charge on any atom is -0.489 e. The topological polar surface area (TPSA) is 62.3 Å². The van der Waals surface area contributed by atoms with Gasteiger partial charge in [0.1, 0.15) is 23.3 Å². The molecule has 2 aliphatic rings. The number of nitrogens with zero attached hydrogens (tertiary/aromatic N) is 2. The van der Waals surface area contributed by atoms with Gasteiger partial charge in [-0.05, 0) is 74.1 Å². The Hall–Kier alpha value is -2.49. The fourth-order valence-corrected chi connectivity index (χ4v) is 5.00. The Labute approximate surface area is 176 Å². The number of alkyl halides is 1. The molecule has 2 N–H and O–H groups in total. The maximum Gasteiger partial charge on any atom is 0.123 e. The molecule has 2 aromatic rings. The Morgan fingerprint density at radius 1 is 1.13 bits per heavy atom. The van der Waals surface area contributed by atoms with E-state index in [4.69, 9.17) is 15.7 Å². The standard InChI is InChI=1S/C24H27F2N3O/c1-24(26)12-20(28)14-29(15-24)22-10-18(17-4-6-19(25)7-5-17)11-23(22)30-21-8-2-16(13-27)3-9-21/h2-9,18,20,22-23H,10-12,14-15,28H2,1H3/t18?,20?,22?,23?,24-/m1/s1. The molecule has 6 heteroatoms. The van der Waals surface area contributed by atoms with Gasteiger partial charge in [0.2, 0.25) is 0 Å². The van der Waals surface area contributed by atoms with Crippen molar-refractivity contribution in [3.05, 3.63) is 65.5 Å².